The van der Waals surface area contributed by atoms with E-state index in [9.17, 15) is 0 Å². The van der Waals surface area contributed by atoms with Crippen molar-refractivity contribution in [2.24, 2.45) is 21.8 Å². The summed E-state index contributed by atoms with van der Waals surface area (Å²) in [6.45, 7) is 51.1. The smallest absolute Gasteiger partial charge is 0.122 e. The van der Waals surface area contributed by atoms with E-state index in [-0.39, 0.29) is 87.1 Å². The molecular weight excluding hydrogens is 1090 g/mol. The molecule has 388 valence electrons. The first-order valence-corrected chi connectivity index (χ1v) is 31.8. The minimum Gasteiger partial charge on any atom is -0.325 e. The van der Waals surface area contributed by atoms with E-state index in [1.54, 1.807) is 19.5 Å². The number of aryl methyl sites for hydroxylation is 2. The molecule has 0 aliphatic carbocycles. The standard InChI is InChI=1S/C32H54S2Si.C16H23N2.C13H17N2S.2Y/c1-11-15-17-23(13-3)21-35(22-24(14-4)18-16-12-2)25-19-27(31(5,6)7)33-29(25)30-26(35)20-28(34-30)32(8,9)10;1-10-8-11(15(2,3)4)13-14(18-9-17-13)12(10)16(5,6)7;1-7(2)10-6-9(5)11(8(3)4)13-12(10)14-16-15-13;;/h19-20,23-24H,11-18,21-22H2,1-10H3;9H2,1-7H3;7-8H,1-5H3;;/q;2*-1;;. The summed E-state index contributed by atoms with van der Waals surface area (Å²) in [4.78, 5) is 15.8. The largest absolute Gasteiger partial charge is 0.325 e. The fourth-order valence-electron chi connectivity index (χ4n) is 11.0. The number of aromatic nitrogens is 2. The second-order valence-corrected chi connectivity index (χ2v) is 32.2. The molecule has 0 saturated carbocycles. The number of nitrogens with zero attached hydrogens (tertiary/aromatic N) is 4. The third-order valence-corrected chi connectivity index (χ3v) is 24.3. The number of benzene rings is 2. The Labute approximate surface area is 498 Å². The molecule has 0 spiro atoms. The summed E-state index contributed by atoms with van der Waals surface area (Å²) >= 11 is 5.60. The molecule has 2 radical (unpaired) electrons. The maximum atomic E-state index is 4.61. The molecule has 4 nitrogen and oxygen atoms in total. The first-order chi connectivity index (χ1) is 32.0. The van der Waals surface area contributed by atoms with Crippen LogP contribution in [-0.4, -0.2) is 23.5 Å². The van der Waals surface area contributed by atoms with Crippen molar-refractivity contribution in [1.82, 2.24) is 8.75 Å². The average Bonchev–Trinajstić information content (AvgIpc) is 4.09. The molecule has 2 atom stereocenters. The van der Waals surface area contributed by atoms with Crippen molar-refractivity contribution in [3.8, 4) is 9.75 Å². The van der Waals surface area contributed by atoms with Crippen LogP contribution in [0.4, 0.5) is 0 Å². The fraction of sp³-hybridized carbons (Fsp3) is 0.672. The molecule has 5 aromatic rings. The molecule has 2 aliphatic rings. The van der Waals surface area contributed by atoms with Gasteiger partial charge in [-0.3, -0.25) is 4.99 Å². The third kappa shape index (κ3) is 15.0. The normalized spacial score (nSPS) is 14.8. The molecule has 0 N–H and O–H groups in total. The maximum absolute atomic E-state index is 4.61. The molecule has 0 bridgehead atoms. The van der Waals surface area contributed by atoms with Crippen molar-refractivity contribution >= 4 is 63.9 Å². The Morgan fingerprint density at radius 2 is 1.06 bits per heavy atom. The number of hydrogen-bond acceptors (Lipinski definition) is 7. The quantitative estimate of drug-likeness (QED) is 0.0822. The van der Waals surface area contributed by atoms with Crippen molar-refractivity contribution in [3.63, 3.8) is 0 Å². The maximum Gasteiger partial charge on any atom is 0.122 e. The molecular formula is C61H94N4S3SiY2-2. The number of hydrogen-bond donors (Lipinski definition) is 0. The SMILES string of the molecule is CCCCC(CC)C[Si]1(CC(CC)CCCC)c2cc(C(C)(C)C)sc2-c2sc(C(C)(C)C)cc21.Cc1[c-]c(C(C)(C)C)c2c(c1C(C)(C)C)=NCN=2.Cc1[c-]c(C(C)C)c2nsnc2c1C(C)C.[Y].[Y]. The van der Waals surface area contributed by atoms with E-state index < -0.39 is 8.07 Å². The summed E-state index contributed by atoms with van der Waals surface area (Å²) in [5.41, 5.74) is 10.2. The first kappa shape index (κ1) is 65.0. The molecule has 0 amide bonds. The molecule has 2 aliphatic heterocycles. The Morgan fingerprint density at radius 1 is 0.592 bits per heavy atom. The zero-order valence-electron chi connectivity index (χ0n) is 48.9. The van der Waals surface area contributed by atoms with E-state index >= 15 is 0 Å². The van der Waals surface area contributed by atoms with Crippen LogP contribution in [0.1, 0.15) is 245 Å². The van der Waals surface area contributed by atoms with Gasteiger partial charge in [0.15, 0.2) is 0 Å². The zero-order chi connectivity index (χ0) is 51.6. The van der Waals surface area contributed by atoms with E-state index in [2.05, 4.69) is 218 Å². The van der Waals surface area contributed by atoms with Crippen molar-refractivity contribution in [1.29, 1.82) is 0 Å². The Bertz CT molecular complexity index is 2560. The molecule has 5 heterocycles. The van der Waals surface area contributed by atoms with Gasteiger partial charge in [0.05, 0.1) is 11.7 Å². The summed E-state index contributed by atoms with van der Waals surface area (Å²) in [6, 6.07) is 15.5. The minimum atomic E-state index is -1.84. The molecule has 0 saturated heterocycles. The molecule has 2 aromatic carbocycles. The van der Waals surface area contributed by atoms with E-state index in [0.717, 1.165) is 33.6 Å². The Balaban J connectivity index is 0.000000309. The predicted molar refractivity (Wildman–Crippen MR) is 310 cm³/mol. The van der Waals surface area contributed by atoms with Gasteiger partial charge in [0, 0.05) is 84.9 Å². The minimum absolute atomic E-state index is 0. The zero-order valence-corrected chi connectivity index (χ0v) is 58.0. The summed E-state index contributed by atoms with van der Waals surface area (Å²) < 4.78 is 8.88. The molecule has 7 rings (SSSR count). The number of fused-ring (bicyclic) bond motifs is 5. The Kier molecular flexibility index (Phi) is 24.1. The van der Waals surface area contributed by atoms with Crippen LogP contribution in [0, 0.1) is 37.8 Å². The first-order valence-electron chi connectivity index (χ1n) is 27.0. The summed E-state index contributed by atoms with van der Waals surface area (Å²) in [5, 5.41) is 5.86. The van der Waals surface area contributed by atoms with Gasteiger partial charge >= 0.3 is 0 Å². The Morgan fingerprint density at radius 3 is 1.45 bits per heavy atom. The van der Waals surface area contributed by atoms with Gasteiger partial charge < -0.3 is 4.99 Å². The molecule has 71 heavy (non-hydrogen) atoms. The Hall–Kier alpha value is -0.315. The molecule has 0 fully saturated rings. The second-order valence-electron chi connectivity index (χ2n) is 25.5. The van der Waals surface area contributed by atoms with Gasteiger partial charge in [0.25, 0.3) is 0 Å². The van der Waals surface area contributed by atoms with Gasteiger partial charge in [-0.2, -0.15) is 23.3 Å². The second kappa shape index (κ2) is 26.4. The van der Waals surface area contributed by atoms with Crippen LogP contribution in [-0.2, 0) is 87.1 Å². The van der Waals surface area contributed by atoms with Crippen LogP contribution in [0.25, 0.3) is 20.8 Å². The van der Waals surface area contributed by atoms with E-state index in [1.807, 2.05) is 10.4 Å². The van der Waals surface area contributed by atoms with Gasteiger partial charge in [0.2, 0.25) is 0 Å². The van der Waals surface area contributed by atoms with Crippen molar-refractivity contribution in [2.75, 3.05) is 6.67 Å². The number of thiophene rings is 2. The summed E-state index contributed by atoms with van der Waals surface area (Å²) in [6.07, 6.45) is 11.0. The van der Waals surface area contributed by atoms with Crippen molar-refractivity contribution in [2.45, 2.75) is 249 Å². The topological polar surface area (TPSA) is 50.5 Å². The number of rotatable bonds is 14. The third-order valence-electron chi connectivity index (χ3n) is 14.8. The van der Waals surface area contributed by atoms with Crippen LogP contribution in [0.5, 0.6) is 0 Å². The average molecular weight is 1190 g/mol. The molecule has 3 aromatic heterocycles. The van der Waals surface area contributed by atoms with Crippen LogP contribution >= 0.6 is 34.4 Å². The molecule has 10 heteroatoms. The van der Waals surface area contributed by atoms with Crippen LogP contribution in [0.2, 0.25) is 12.1 Å². The van der Waals surface area contributed by atoms with Crippen molar-refractivity contribution < 1.29 is 65.4 Å². The van der Waals surface area contributed by atoms with Gasteiger partial charge in [0.1, 0.15) is 14.7 Å². The predicted octanol–water partition coefficient (Wildman–Crippen LogP) is 17.0. The fourth-order valence-corrected chi connectivity index (χ4v) is 22.0. The van der Waals surface area contributed by atoms with Crippen LogP contribution in [0.3, 0.4) is 0 Å². The van der Waals surface area contributed by atoms with Gasteiger partial charge in [-0.15, -0.1) is 44.9 Å². The molecule has 2 unspecified atom stereocenters. The summed E-state index contributed by atoms with van der Waals surface area (Å²) in [5.74, 6) is 2.68. The monoisotopic (exact) mass is 1180 g/mol. The van der Waals surface area contributed by atoms with Gasteiger partial charge in [-0.1, -0.05) is 215 Å². The summed E-state index contributed by atoms with van der Waals surface area (Å²) in [7, 11) is -1.84. The van der Waals surface area contributed by atoms with E-state index in [0.29, 0.717) is 18.5 Å². The van der Waals surface area contributed by atoms with Crippen LogP contribution < -0.4 is 21.1 Å². The number of unbranched alkanes of at least 4 members (excludes halogenated alkanes) is 2. The van der Waals surface area contributed by atoms with E-state index in [4.69, 9.17) is 0 Å². The van der Waals surface area contributed by atoms with Gasteiger partial charge in [-0.05, 0) is 90.3 Å². The van der Waals surface area contributed by atoms with E-state index in [1.165, 1.54) is 109 Å². The van der Waals surface area contributed by atoms with Crippen LogP contribution in [0.15, 0.2) is 22.1 Å². The van der Waals surface area contributed by atoms with Crippen molar-refractivity contribution in [3.05, 3.63) is 78.1 Å². The van der Waals surface area contributed by atoms with Gasteiger partial charge in [-0.25, -0.2) is 8.75 Å².